The number of ether oxygens (including phenoxy) is 1. The van der Waals surface area contributed by atoms with Gasteiger partial charge in [0.05, 0.1) is 18.5 Å². The Balaban J connectivity index is 2.03. The summed E-state index contributed by atoms with van der Waals surface area (Å²) in [4.78, 5) is 26.3. The lowest BCUT2D eigenvalue weighted by Crippen LogP contribution is -2.45. The Hall–Kier alpha value is -2.67. The van der Waals surface area contributed by atoms with Crippen LogP contribution in [-0.4, -0.2) is 65.1 Å². The van der Waals surface area contributed by atoms with Gasteiger partial charge in [0.2, 0.25) is 0 Å². The minimum atomic E-state index is -0.408. The first-order chi connectivity index (χ1) is 14.4. The molecule has 1 aliphatic rings. The van der Waals surface area contributed by atoms with Crippen molar-refractivity contribution in [1.82, 2.24) is 19.3 Å². The summed E-state index contributed by atoms with van der Waals surface area (Å²) in [6, 6.07) is 0. The fourth-order valence-corrected chi connectivity index (χ4v) is 3.41. The minimum absolute atomic E-state index is 0.310. The Morgan fingerprint density at radius 3 is 2.67 bits per heavy atom. The fraction of sp³-hybridized carbons (Fsp3) is 0.522. The summed E-state index contributed by atoms with van der Waals surface area (Å²) in [6.45, 7) is 12.3. The van der Waals surface area contributed by atoms with Gasteiger partial charge in [-0.1, -0.05) is 38.5 Å². The molecule has 0 radical (unpaired) electrons. The number of anilines is 1. The van der Waals surface area contributed by atoms with Crippen molar-refractivity contribution in [3.63, 3.8) is 0 Å². The number of piperazine rings is 1. The number of carbonyl (C=O) groups excluding carboxylic acids is 1. The number of carbonyl (C=O) groups is 1. The van der Waals surface area contributed by atoms with E-state index in [1.165, 1.54) is 0 Å². The quantitative estimate of drug-likeness (QED) is 0.512. The molecule has 0 N–H and O–H groups in total. The number of allylic oxidation sites excluding steroid dienone is 4. The van der Waals surface area contributed by atoms with Gasteiger partial charge in [-0.2, -0.15) is 0 Å². The van der Waals surface area contributed by atoms with Crippen molar-refractivity contribution in [2.75, 3.05) is 44.7 Å². The van der Waals surface area contributed by atoms with Crippen molar-refractivity contribution in [3.05, 3.63) is 42.0 Å². The molecule has 7 nitrogen and oxygen atoms in total. The number of hydrogen-bond acceptors (Lipinski definition) is 6. The van der Waals surface area contributed by atoms with E-state index in [9.17, 15) is 4.79 Å². The zero-order chi connectivity index (χ0) is 21.7. The Labute approximate surface area is 179 Å². The summed E-state index contributed by atoms with van der Waals surface area (Å²) in [5.74, 6) is 0.940. The third-order valence-corrected chi connectivity index (χ3v) is 5.60. The van der Waals surface area contributed by atoms with E-state index in [0.717, 1.165) is 49.7 Å². The fourth-order valence-electron chi connectivity index (χ4n) is 3.41. The van der Waals surface area contributed by atoms with E-state index in [0.29, 0.717) is 23.9 Å². The largest absolute Gasteiger partial charge is 0.461 e. The second-order valence-electron chi connectivity index (χ2n) is 7.92. The minimum Gasteiger partial charge on any atom is -0.461 e. The average Bonchev–Trinajstić information content (AvgIpc) is 3.19. The van der Waals surface area contributed by atoms with Gasteiger partial charge in [0, 0.05) is 32.4 Å². The van der Waals surface area contributed by atoms with E-state index >= 15 is 0 Å². The Morgan fingerprint density at radius 2 is 2.00 bits per heavy atom. The van der Waals surface area contributed by atoms with Gasteiger partial charge >= 0.3 is 5.97 Å². The summed E-state index contributed by atoms with van der Waals surface area (Å²) in [5.41, 5.74) is 2.98. The molecule has 1 atom stereocenters. The van der Waals surface area contributed by atoms with Gasteiger partial charge in [-0.15, -0.1) is 0 Å². The molecule has 0 amide bonds. The van der Waals surface area contributed by atoms with E-state index < -0.39 is 5.97 Å². The second-order valence-corrected chi connectivity index (χ2v) is 7.92. The van der Waals surface area contributed by atoms with Crippen LogP contribution in [-0.2, 0) is 4.74 Å². The molecule has 0 bridgehead atoms. The normalized spacial score (nSPS) is 17.1. The van der Waals surface area contributed by atoms with Gasteiger partial charge in [0.25, 0.3) is 0 Å². The molecule has 2 aromatic rings. The van der Waals surface area contributed by atoms with Gasteiger partial charge in [-0.05, 0) is 32.4 Å². The highest BCUT2D eigenvalue weighted by atomic mass is 16.5. The van der Waals surface area contributed by atoms with E-state index in [4.69, 9.17) is 9.72 Å². The van der Waals surface area contributed by atoms with Crippen molar-refractivity contribution in [2.45, 2.75) is 34.1 Å². The highest BCUT2D eigenvalue weighted by Gasteiger charge is 2.22. The topological polar surface area (TPSA) is 63.0 Å². The van der Waals surface area contributed by atoms with Gasteiger partial charge in [0.1, 0.15) is 0 Å². The number of rotatable bonds is 7. The number of nitrogens with zero attached hydrogens (tertiary/aromatic N) is 5. The van der Waals surface area contributed by atoms with Crippen LogP contribution in [0.3, 0.4) is 0 Å². The Morgan fingerprint density at radius 1 is 1.27 bits per heavy atom. The standard InChI is InChI=1S/C23H33N5O2/c1-6-17(3)9-8-10-18(4)20-15-24-21(27-13-11-26(5)12-14-27)22-25-19(16-28(20)22)23(29)30-7-2/h8-10,15-17H,6-7,11-14H2,1-5H3/b9-8-,18-10+/t17-/m1/s1. The molecule has 0 spiro atoms. The van der Waals surface area contributed by atoms with Crippen molar-refractivity contribution in [3.8, 4) is 0 Å². The molecule has 0 saturated carbocycles. The zero-order valence-corrected chi connectivity index (χ0v) is 18.8. The zero-order valence-electron chi connectivity index (χ0n) is 18.8. The lowest BCUT2D eigenvalue weighted by Gasteiger charge is -2.33. The predicted octanol–water partition coefficient (Wildman–Crippen LogP) is 3.66. The highest BCUT2D eigenvalue weighted by molar-refractivity contribution is 5.89. The second kappa shape index (κ2) is 9.89. The smallest absolute Gasteiger partial charge is 0.358 e. The van der Waals surface area contributed by atoms with Crippen LogP contribution < -0.4 is 4.90 Å². The van der Waals surface area contributed by atoms with Crippen LogP contribution in [0.5, 0.6) is 0 Å². The number of imidazole rings is 1. The highest BCUT2D eigenvalue weighted by Crippen LogP contribution is 2.25. The first kappa shape index (κ1) is 22.0. The van der Waals surface area contributed by atoms with E-state index in [-0.39, 0.29) is 0 Å². The van der Waals surface area contributed by atoms with E-state index in [1.54, 1.807) is 13.1 Å². The summed E-state index contributed by atoms with van der Waals surface area (Å²) < 4.78 is 7.15. The lowest BCUT2D eigenvalue weighted by atomic mass is 10.1. The molecule has 30 heavy (non-hydrogen) atoms. The number of hydrogen-bond donors (Lipinski definition) is 0. The van der Waals surface area contributed by atoms with Crippen LogP contribution in [0.2, 0.25) is 0 Å². The van der Waals surface area contributed by atoms with Crippen molar-refractivity contribution in [1.29, 1.82) is 0 Å². The van der Waals surface area contributed by atoms with Gasteiger partial charge < -0.3 is 14.5 Å². The van der Waals surface area contributed by atoms with Crippen LogP contribution in [0.4, 0.5) is 5.82 Å². The first-order valence-corrected chi connectivity index (χ1v) is 10.8. The molecular weight excluding hydrogens is 378 g/mol. The SMILES string of the molecule is CCOC(=O)c1cn2c(/C(C)=C/C=C\[C@H](C)CC)cnc(N3CCN(C)CC3)c2n1. The summed E-state index contributed by atoms with van der Waals surface area (Å²) in [6.07, 6.45) is 11.1. The molecule has 0 aliphatic carbocycles. The van der Waals surface area contributed by atoms with Crippen molar-refractivity contribution in [2.24, 2.45) is 5.92 Å². The van der Waals surface area contributed by atoms with Crippen LogP contribution >= 0.6 is 0 Å². The molecule has 1 saturated heterocycles. The molecule has 0 aromatic carbocycles. The lowest BCUT2D eigenvalue weighted by molar-refractivity contribution is 0.0520. The summed E-state index contributed by atoms with van der Waals surface area (Å²) >= 11 is 0. The maximum atomic E-state index is 12.3. The van der Waals surface area contributed by atoms with Crippen LogP contribution in [0.25, 0.3) is 11.2 Å². The maximum Gasteiger partial charge on any atom is 0.358 e. The van der Waals surface area contributed by atoms with Gasteiger partial charge in [0.15, 0.2) is 17.2 Å². The predicted molar refractivity (Wildman–Crippen MR) is 121 cm³/mol. The molecule has 7 heteroatoms. The van der Waals surface area contributed by atoms with Gasteiger partial charge in [-0.25, -0.2) is 14.8 Å². The molecule has 1 aliphatic heterocycles. The number of likely N-dealkylation sites (N-methyl/N-ethyl adjacent to an activating group) is 1. The Bertz CT molecular complexity index is 938. The molecule has 0 unspecified atom stereocenters. The molecule has 162 valence electrons. The third kappa shape index (κ3) is 4.90. The molecule has 2 aromatic heterocycles. The Kier molecular flexibility index (Phi) is 7.26. The monoisotopic (exact) mass is 411 g/mol. The van der Waals surface area contributed by atoms with Crippen LogP contribution in [0.1, 0.15) is 50.3 Å². The molecular formula is C23H33N5O2. The van der Waals surface area contributed by atoms with Crippen molar-refractivity contribution < 1.29 is 9.53 Å². The van der Waals surface area contributed by atoms with E-state index in [1.807, 2.05) is 10.6 Å². The number of esters is 1. The van der Waals surface area contributed by atoms with E-state index in [2.05, 4.69) is 60.8 Å². The molecule has 1 fully saturated rings. The average molecular weight is 412 g/mol. The maximum absolute atomic E-state index is 12.3. The summed E-state index contributed by atoms with van der Waals surface area (Å²) in [5, 5.41) is 0. The van der Waals surface area contributed by atoms with Gasteiger partial charge in [-0.3, -0.25) is 4.40 Å². The van der Waals surface area contributed by atoms with Crippen LogP contribution in [0, 0.1) is 5.92 Å². The molecule has 3 rings (SSSR count). The molecule has 3 heterocycles. The first-order valence-electron chi connectivity index (χ1n) is 10.8. The number of fused-ring (bicyclic) bond motifs is 1. The van der Waals surface area contributed by atoms with Crippen molar-refractivity contribution >= 4 is 23.0 Å². The van der Waals surface area contributed by atoms with Crippen LogP contribution in [0.15, 0.2) is 30.6 Å². The third-order valence-electron chi connectivity index (χ3n) is 5.60. The number of aromatic nitrogens is 3. The summed E-state index contributed by atoms with van der Waals surface area (Å²) in [7, 11) is 2.12.